The summed E-state index contributed by atoms with van der Waals surface area (Å²) in [6.07, 6.45) is 1.89. The van der Waals surface area contributed by atoms with Crippen molar-refractivity contribution in [2.24, 2.45) is 0 Å². The summed E-state index contributed by atoms with van der Waals surface area (Å²) in [6.45, 7) is 0. The number of hydrogen-bond acceptors (Lipinski definition) is 9. The molecule has 2 aliphatic rings. The predicted molar refractivity (Wildman–Crippen MR) is 123 cm³/mol. The number of hydrogen-bond donors (Lipinski definition) is 1. The maximum atomic E-state index is 12.9. The van der Waals surface area contributed by atoms with Crippen molar-refractivity contribution in [3.63, 3.8) is 0 Å². The van der Waals surface area contributed by atoms with Crippen molar-refractivity contribution in [2.45, 2.75) is 36.2 Å². The Balaban J connectivity index is 1.45. The average Bonchev–Trinajstić information content (AvgIpc) is 3.24. The summed E-state index contributed by atoms with van der Waals surface area (Å²) in [6, 6.07) is 11.9. The molecule has 2 heterocycles. The molecule has 1 aliphatic carbocycles. The number of nitrogens with one attached hydrogen (secondary N) is 1. The standard InChI is InChI=1S/C22H18N6O5S/c29-18-3-1-2-17-19(18)20(14-6-10-16(11-7-14)28(32)33)26-21(23-17)24-22(25-26)34-12-13-4-8-15(9-5-13)27(30)31/h4-11,20H,1-3,12H2,(H,23,24,25)/t20-/m1/s1. The van der Waals surface area contributed by atoms with Crippen LogP contribution in [0.5, 0.6) is 0 Å². The molecule has 172 valence electrons. The van der Waals surface area contributed by atoms with Crippen molar-refractivity contribution in [3.05, 3.63) is 91.2 Å². The third-order valence-electron chi connectivity index (χ3n) is 5.78. The van der Waals surface area contributed by atoms with Gasteiger partial charge < -0.3 is 5.32 Å². The van der Waals surface area contributed by atoms with Crippen LogP contribution in [0.2, 0.25) is 0 Å². The number of ketones is 1. The average molecular weight is 478 g/mol. The van der Waals surface area contributed by atoms with Gasteiger partial charge in [0.05, 0.1) is 9.85 Å². The van der Waals surface area contributed by atoms with Crippen molar-refractivity contribution in [1.29, 1.82) is 0 Å². The number of anilines is 1. The number of Topliss-reactive ketones (excluding diaryl/α,β-unsaturated/α-hetero) is 1. The lowest BCUT2D eigenvalue weighted by Crippen LogP contribution is -2.31. The molecular weight excluding hydrogens is 460 g/mol. The highest BCUT2D eigenvalue weighted by Gasteiger charge is 2.37. The van der Waals surface area contributed by atoms with Crippen molar-refractivity contribution in [3.8, 4) is 0 Å². The zero-order valence-electron chi connectivity index (χ0n) is 17.7. The number of benzene rings is 2. The van der Waals surface area contributed by atoms with Crippen LogP contribution in [0.15, 0.2) is 65.0 Å². The van der Waals surface area contributed by atoms with Crippen LogP contribution in [0, 0.1) is 20.2 Å². The number of nitro benzene ring substituents is 2. The molecule has 0 saturated heterocycles. The van der Waals surface area contributed by atoms with E-state index < -0.39 is 15.9 Å². The molecule has 3 aromatic rings. The molecule has 1 aromatic heterocycles. The highest BCUT2D eigenvalue weighted by atomic mass is 32.2. The molecule has 5 rings (SSSR count). The number of fused-ring (bicyclic) bond motifs is 1. The summed E-state index contributed by atoms with van der Waals surface area (Å²) in [5.41, 5.74) is 3.03. The van der Waals surface area contributed by atoms with Crippen LogP contribution >= 0.6 is 11.8 Å². The van der Waals surface area contributed by atoms with Gasteiger partial charge in [-0.25, -0.2) is 4.68 Å². The van der Waals surface area contributed by atoms with E-state index in [0.717, 1.165) is 17.7 Å². The monoisotopic (exact) mass is 478 g/mol. The lowest BCUT2D eigenvalue weighted by atomic mass is 9.85. The molecule has 34 heavy (non-hydrogen) atoms. The van der Waals surface area contributed by atoms with Crippen molar-refractivity contribution < 1.29 is 14.6 Å². The fourth-order valence-electron chi connectivity index (χ4n) is 4.15. The summed E-state index contributed by atoms with van der Waals surface area (Å²) < 4.78 is 1.65. The first-order chi connectivity index (χ1) is 16.4. The van der Waals surface area contributed by atoms with E-state index in [9.17, 15) is 25.0 Å². The number of thioether (sulfide) groups is 1. The van der Waals surface area contributed by atoms with Gasteiger partial charge >= 0.3 is 0 Å². The lowest BCUT2D eigenvalue weighted by Gasteiger charge is -2.32. The molecule has 0 spiro atoms. The number of rotatable bonds is 6. The molecule has 1 aliphatic heterocycles. The number of aromatic nitrogens is 3. The van der Waals surface area contributed by atoms with Gasteiger partial charge in [0.25, 0.3) is 11.4 Å². The minimum Gasteiger partial charge on any atom is -0.328 e. The highest BCUT2D eigenvalue weighted by Crippen LogP contribution is 2.41. The summed E-state index contributed by atoms with van der Waals surface area (Å²) >= 11 is 1.37. The van der Waals surface area contributed by atoms with Crippen LogP contribution in [0.1, 0.15) is 36.4 Å². The molecule has 0 saturated carbocycles. The summed E-state index contributed by atoms with van der Waals surface area (Å²) in [5, 5.41) is 30.3. The number of carbonyl (C=O) groups is 1. The highest BCUT2D eigenvalue weighted by molar-refractivity contribution is 7.98. The fraction of sp³-hybridized carbons (Fsp3) is 0.227. The molecule has 0 bridgehead atoms. The number of nitro groups is 2. The molecule has 12 heteroatoms. The topological polar surface area (TPSA) is 146 Å². The van der Waals surface area contributed by atoms with Gasteiger partial charge in [0.2, 0.25) is 11.1 Å². The largest absolute Gasteiger partial charge is 0.328 e. The zero-order valence-corrected chi connectivity index (χ0v) is 18.5. The first-order valence-corrected chi connectivity index (χ1v) is 11.5. The Morgan fingerprint density at radius 3 is 2.29 bits per heavy atom. The van der Waals surface area contributed by atoms with Crippen LogP contribution in [-0.2, 0) is 10.5 Å². The minimum atomic E-state index is -0.527. The van der Waals surface area contributed by atoms with E-state index >= 15 is 0 Å². The van der Waals surface area contributed by atoms with Crippen LogP contribution in [0.25, 0.3) is 0 Å². The second kappa shape index (κ2) is 8.71. The molecule has 0 unspecified atom stereocenters. The van der Waals surface area contributed by atoms with Crippen LogP contribution in [0.3, 0.4) is 0 Å². The SMILES string of the molecule is O=C1CCCC2=C1[C@@H](c1ccc([N+](=O)[O-])cc1)n1nc(SCc3ccc([N+](=O)[O-])cc3)nc1N2. The molecule has 1 N–H and O–H groups in total. The second-order valence-electron chi connectivity index (χ2n) is 7.92. The second-order valence-corrected chi connectivity index (χ2v) is 8.86. The van der Waals surface area contributed by atoms with Crippen LogP contribution in [0.4, 0.5) is 17.3 Å². The maximum absolute atomic E-state index is 12.9. The first-order valence-electron chi connectivity index (χ1n) is 10.5. The minimum absolute atomic E-state index is 0.0262. The molecule has 0 amide bonds. The normalized spacial score (nSPS) is 17.1. The van der Waals surface area contributed by atoms with E-state index in [4.69, 9.17) is 0 Å². The van der Waals surface area contributed by atoms with E-state index in [0.29, 0.717) is 40.8 Å². The van der Waals surface area contributed by atoms with Crippen LogP contribution in [-0.4, -0.2) is 30.4 Å². The van der Waals surface area contributed by atoms with Crippen molar-refractivity contribution in [2.75, 3.05) is 5.32 Å². The zero-order chi connectivity index (χ0) is 23.8. The lowest BCUT2D eigenvalue weighted by molar-refractivity contribution is -0.385. The van der Waals surface area contributed by atoms with E-state index in [-0.39, 0.29) is 17.2 Å². The number of nitrogens with zero attached hydrogens (tertiary/aromatic N) is 5. The summed E-state index contributed by atoms with van der Waals surface area (Å²) in [7, 11) is 0. The number of carbonyl (C=O) groups excluding carboxylic acids is 1. The van der Waals surface area contributed by atoms with Crippen molar-refractivity contribution >= 4 is 34.9 Å². The Bertz CT molecular complexity index is 1330. The van der Waals surface area contributed by atoms with Gasteiger partial charge in [-0.15, -0.1) is 5.10 Å². The molecule has 11 nitrogen and oxygen atoms in total. The third kappa shape index (κ3) is 4.03. The van der Waals surface area contributed by atoms with Gasteiger partial charge in [0.1, 0.15) is 6.04 Å². The smallest absolute Gasteiger partial charge is 0.269 e. The number of non-ortho nitro benzene ring substituents is 2. The van der Waals surface area contributed by atoms with Gasteiger partial charge in [-0.1, -0.05) is 23.9 Å². The van der Waals surface area contributed by atoms with E-state index in [2.05, 4.69) is 15.4 Å². The Morgan fingerprint density at radius 2 is 1.65 bits per heavy atom. The van der Waals surface area contributed by atoms with Gasteiger partial charge in [-0.3, -0.25) is 25.0 Å². The molecule has 2 aromatic carbocycles. The molecule has 0 fully saturated rings. The Morgan fingerprint density at radius 1 is 1.00 bits per heavy atom. The fourth-order valence-corrected chi connectivity index (χ4v) is 4.93. The molecule has 0 radical (unpaired) electrons. The third-order valence-corrected chi connectivity index (χ3v) is 6.69. The van der Waals surface area contributed by atoms with Gasteiger partial charge in [0, 0.05) is 47.7 Å². The van der Waals surface area contributed by atoms with E-state index in [1.54, 1.807) is 28.9 Å². The first kappa shape index (κ1) is 21.8. The quantitative estimate of drug-likeness (QED) is 0.309. The van der Waals surface area contributed by atoms with E-state index in [1.165, 1.54) is 36.0 Å². The van der Waals surface area contributed by atoms with Gasteiger partial charge in [-0.2, -0.15) is 4.98 Å². The number of allylic oxidation sites excluding steroid dienone is 2. The van der Waals surface area contributed by atoms with Gasteiger partial charge in [-0.05, 0) is 36.1 Å². The molecular formula is C22H18N6O5S. The predicted octanol–water partition coefficient (Wildman–Crippen LogP) is 4.41. The summed E-state index contributed by atoms with van der Waals surface area (Å²) in [4.78, 5) is 38.5. The summed E-state index contributed by atoms with van der Waals surface area (Å²) in [5.74, 6) is 1.04. The van der Waals surface area contributed by atoms with E-state index in [1.807, 2.05) is 0 Å². The van der Waals surface area contributed by atoms with Gasteiger partial charge in [0.15, 0.2) is 5.78 Å². The van der Waals surface area contributed by atoms with Crippen LogP contribution < -0.4 is 5.32 Å². The van der Waals surface area contributed by atoms with Crippen molar-refractivity contribution in [1.82, 2.24) is 14.8 Å². The Hall–Kier alpha value is -4.06. The maximum Gasteiger partial charge on any atom is 0.269 e. The molecule has 1 atom stereocenters. The Kier molecular flexibility index (Phi) is 5.57. The Labute approximate surface area is 197 Å².